The number of nitrogens with zero attached hydrogens (tertiary/aromatic N) is 1. The van der Waals surface area contributed by atoms with Crippen molar-refractivity contribution in [1.82, 2.24) is 4.90 Å². The summed E-state index contributed by atoms with van der Waals surface area (Å²) in [5, 5.41) is 10.9. The van der Waals surface area contributed by atoms with Gasteiger partial charge in [0.2, 0.25) is 5.91 Å². The van der Waals surface area contributed by atoms with Crippen molar-refractivity contribution < 1.29 is 19.4 Å². The number of ether oxygens (including phenoxy) is 1. The van der Waals surface area contributed by atoms with Crippen molar-refractivity contribution in [3.63, 3.8) is 0 Å². The van der Waals surface area contributed by atoms with Crippen LogP contribution in [0.3, 0.4) is 0 Å². The topological polar surface area (TPSA) is 69.7 Å². The molecule has 1 aromatic carbocycles. The third kappa shape index (κ3) is 3.71. The maximum absolute atomic E-state index is 11.9. The van der Waals surface area contributed by atoms with Crippen molar-refractivity contribution >= 4 is 23.6 Å². The van der Waals surface area contributed by atoms with Crippen LogP contribution in [0.2, 0.25) is 0 Å². The van der Waals surface area contributed by atoms with Crippen LogP contribution in [0.4, 0.5) is 0 Å². The van der Waals surface area contributed by atoms with Crippen molar-refractivity contribution in [2.24, 2.45) is 0 Å². The Hall–Kier alpha value is -1.53. The van der Waals surface area contributed by atoms with Gasteiger partial charge in [-0.3, -0.25) is 4.79 Å². The first kappa shape index (κ1) is 13.9. The molecule has 1 aliphatic heterocycles. The second kappa shape index (κ2) is 6.58. The van der Waals surface area contributed by atoms with Crippen molar-refractivity contribution in [3.05, 3.63) is 29.8 Å². The Kier molecular flexibility index (Phi) is 4.81. The molecular formula is C13H14NO4S-. The van der Waals surface area contributed by atoms with E-state index in [2.05, 4.69) is 0 Å². The summed E-state index contributed by atoms with van der Waals surface area (Å²) in [6.45, 7) is 2.32. The van der Waals surface area contributed by atoms with Gasteiger partial charge in [-0.1, -0.05) is 18.2 Å². The monoisotopic (exact) mass is 280 g/mol. The quantitative estimate of drug-likeness (QED) is 0.726. The van der Waals surface area contributed by atoms with Crippen molar-refractivity contribution in [3.8, 4) is 0 Å². The molecule has 1 heterocycles. The number of carbonyl (C=O) groups is 2. The molecule has 0 N–H and O–H groups in total. The summed E-state index contributed by atoms with van der Waals surface area (Å²) in [4.78, 5) is 25.2. The standard InChI is InChI=1S/C13H15NO4S/c15-12(14-5-7-18-8-6-14)9-19-11-4-2-1-3-10(11)13(16)17/h1-4H,5-9H2,(H,16,17)/p-1. The van der Waals surface area contributed by atoms with Gasteiger partial charge in [0.25, 0.3) is 0 Å². The van der Waals surface area contributed by atoms with Crippen LogP contribution >= 0.6 is 11.8 Å². The molecule has 0 spiro atoms. The molecule has 0 bridgehead atoms. The molecule has 19 heavy (non-hydrogen) atoms. The smallest absolute Gasteiger partial charge is 0.233 e. The molecule has 102 valence electrons. The molecule has 0 aromatic heterocycles. The molecule has 0 saturated carbocycles. The first-order valence-electron chi connectivity index (χ1n) is 5.97. The second-order valence-electron chi connectivity index (χ2n) is 4.07. The summed E-state index contributed by atoms with van der Waals surface area (Å²) in [6.07, 6.45) is 0. The third-order valence-corrected chi connectivity index (χ3v) is 3.88. The van der Waals surface area contributed by atoms with Gasteiger partial charge in [0.05, 0.1) is 24.9 Å². The molecule has 1 aromatic rings. The number of morpholine rings is 1. The van der Waals surface area contributed by atoms with Gasteiger partial charge in [-0.15, -0.1) is 11.8 Å². The Labute approximate surface area is 115 Å². The van der Waals surface area contributed by atoms with Crippen LogP contribution < -0.4 is 5.11 Å². The summed E-state index contributed by atoms with van der Waals surface area (Å²) in [7, 11) is 0. The average molecular weight is 280 g/mol. The Bertz CT molecular complexity index is 471. The predicted molar refractivity (Wildman–Crippen MR) is 68.9 cm³/mol. The van der Waals surface area contributed by atoms with Crippen molar-refractivity contribution in [2.45, 2.75) is 4.90 Å². The van der Waals surface area contributed by atoms with E-state index in [1.165, 1.54) is 17.8 Å². The van der Waals surface area contributed by atoms with E-state index in [0.717, 1.165) is 0 Å². The lowest BCUT2D eigenvalue weighted by Gasteiger charge is -2.26. The Balaban J connectivity index is 1.94. The lowest BCUT2D eigenvalue weighted by Crippen LogP contribution is -2.41. The summed E-state index contributed by atoms with van der Waals surface area (Å²) < 4.78 is 5.18. The largest absolute Gasteiger partial charge is 0.545 e. The van der Waals surface area contributed by atoms with E-state index in [1.807, 2.05) is 0 Å². The average Bonchev–Trinajstić information content (AvgIpc) is 2.46. The van der Waals surface area contributed by atoms with E-state index in [1.54, 1.807) is 23.1 Å². The van der Waals surface area contributed by atoms with Crippen molar-refractivity contribution in [2.75, 3.05) is 32.1 Å². The van der Waals surface area contributed by atoms with Gasteiger partial charge >= 0.3 is 0 Å². The molecule has 1 amide bonds. The van der Waals surface area contributed by atoms with Crippen LogP contribution in [-0.2, 0) is 9.53 Å². The van der Waals surface area contributed by atoms with Crippen LogP contribution in [0.1, 0.15) is 10.4 Å². The van der Waals surface area contributed by atoms with E-state index >= 15 is 0 Å². The number of rotatable bonds is 4. The molecule has 1 fully saturated rings. The minimum absolute atomic E-state index is 0.00134. The lowest BCUT2D eigenvalue weighted by molar-refractivity contribution is -0.255. The first-order chi connectivity index (χ1) is 9.18. The van der Waals surface area contributed by atoms with Crippen LogP contribution in [-0.4, -0.2) is 48.8 Å². The summed E-state index contributed by atoms with van der Waals surface area (Å²) >= 11 is 1.22. The predicted octanol–water partition coefficient (Wildman–Crippen LogP) is 0.001000. The minimum atomic E-state index is -1.22. The van der Waals surface area contributed by atoms with Gasteiger partial charge in [-0.2, -0.15) is 0 Å². The fraction of sp³-hybridized carbons (Fsp3) is 0.385. The highest BCUT2D eigenvalue weighted by Gasteiger charge is 2.17. The van der Waals surface area contributed by atoms with Crippen LogP contribution in [0.15, 0.2) is 29.2 Å². The number of hydrogen-bond donors (Lipinski definition) is 0. The molecule has 2 rings (SSSR count). The minimum Gasteiger partial charge on any atom is -0.545 e. The first-order valence-corrected chi connectivity index (χ1v) is 6.96. The molecule has 1 aliphatic rings. The maximum Gasteiger partial charge on any atom is 0.233 e. The number of thioether (sulfide) groups is 1. The molecule has 1 saturated heterocycles. The molecular weight excluding hydrogens is 266 g/mol. The Morgan fingerprint density at radius 2 is 1.95 bits per heavy atom. The number of aromatic carboxylic acids is 1. The Morgan fingerprint density at radius 3 is 2.63 bits per heavy atom. The normalized spacial score (nSPS) is 15.3. The number of carboxylic acid groups (broad SMARTS) is 1. The van der Waals surface area contributed by atoms with Gasteiger partial charge in [0.1, 0.15) is 0 Å². The number of benzene rings is 1. The van der Waals surface area contributed by atoms with Crippen molar-refractivity contribution in [1.29, 1.82) is 0 Å². The fourth-order valence-corrected chi connectivity index (χ4v) is 2.75. The summed E-state index contributed by atoms with van der Waals surface area (Å²) in [6, 6.07) is 6.55. The van der Waals surface area contributed by atoms with Gasteiger partial charge in [-0.05, 0) is 6.07 Å². The van der Waals surface area contributed by atoms with Crippen LogP contribution in [0.25, 0.3) is 0 Å². The maximum atomic E-state index is 11.9. The SMILES string of the molecule is O=C([O-])c1ccccc1SCC(=O)N1CCOCC1. The zero-order chi connectivity index (χ0) is 13.7. The fourth-order valence-electron chi connectivity index (χ4n) is 1.80. The highest BCUT2D eigenvalue weighted by Crippen LogP contribution is 2.22. The van der Waals surface area contributed by atoms with E-state index in [0.29, 0.717) is 31.2 Å². The van der Waals surface area contributed by atoms with E-state index < -0.39 is 5.97 Å². The number of hydrogen-bond acceptors (Lipinski definition) is 5. The highest BCUT2D eigenvalue weighted by molar-refractivity contribution is 8.00. The molecule has 0 aliphatic carbocycles. The molecule has 5 nitrogen and oxygen atoms in total. The summed E-state index contributed by atoms with van der Waals surface area (Å²) in [5.74, 6) is -0.993. The van der Waals surface area contributed by atoms with Crippen LogP contribution in [0.5, 0.6) is 0 Å². The van der Waals surface area contributed by atoms with Gasteiger partial charge in [0, 0.05) is 23.5 Å². The molecule has 0 atom stereocenters. The number of amides is 1. The number of carbonyl (C=O) groups excluding carboxylic acids is 2. The number of carboxylic acids is 1. The van der Waals surface area contributed by atoms with E-state index in [9.17, 15) is 14.7 Å². The molecule has 0 unspecified atom stereocenters. The second-order valence-corrected chi connectivity index (χ2v) is 5.08. The van der Waals surface area contributed by atoms with Gasteiger partial charge in [0.15, 0.2) is 0 Å². The van der Waals surface area contributed by atoms with Gasteiger partial charge in [-0.25, -0.2) is 0 Å². The van der Waals surface area contributed by atoms with Crippen LogP contribution in [0, 0.1) is 0 Å². The van der Waals surface area contributed by atoms with Gasteiger partial charge < -0.3 is 19.5 Å². The van der Waals surface area contributed by atoms with E-state index in [4.69, 9.17) is 4.74 Å². The lowest BCUT2D eigenvalue weighted by atomic mass is 10.2. The zero-order valence-corrected chi connectivity index (χ0v) is 11.1. The molecule has 0 radical (unpaired) electrons. The Morgan fingerprint density at radius 1 is 1.26 bits per heavy atom. The third-order valence-electron chi connectivity index (χ3n) is 2.82. The van der Waals surface area contributed by atoms with E-state index in [-0.39, 0.29) is 17.2 Å². The summed E-state index contributed by atoms with van der Waals surface area (Å²) in [5.41, 5.74) is 0.127. The molecule has 6 heteroatoms. The zero-order valence-electron chi connectivity index (χ0n) is 10.3. The highest BCUT2D eigenvalue weighted by atomic mass is 32.2.